The van der Waals surface area contributed by atoms with Gasteiger partial charge in [-0.3, -0.25) is 0 Å². The summed E-state index contributed by atoms with van der Waals surface area (Å²) in [6.07, 6.45) is 19.0. The highest BCUT2D eigenvalue weighted by molar-refractivity contribution is 5.70. The van der Waals surface area contributed by atoms with Crippen LogP contribution in [0.15, 0.2) is 0 Å². The number of ether oxygens (including phenoxy) is 2. The average molecular weight is 586 g/mol. The molecule has 0 heterocycles. The molecule has 0 saturated carbocycles. The number of carbonyl (C=O) groups is 2. The standard InChI is InChI=1S/C30H62N2O4.2ClH/c1-7-9-11-13-17-21-25-35-29(33)27-31(3,4)23-19-15-16-20-24-32(5,6)28-30(34)36-26-22-18-14-12-10-8-2;;/h7-28H2,1-6H3;2*1H/q+2;;/p-2. The van der Waals surface area contributed by atoms with Crippen LogP contribution >= 0.6 is 0 Å². The van der Waals surface area contributed by atoms with Crippen LogP contribution in [0.25, 0.3) is 0 Å². The summed E-state index contributed by atoms with van der Waals surface area (Å²) in [6.45, 7) is 8.42. The highest BCUT2D eigenvalue weighted by Gasteiger charge is 2.22. The van der Waals surface area contributed by atoms with Gasteiger partial charge in [-0.25, -0.2) is 9.59 Å². The molecule has 0 aliphatic heterocycles. The Kier molecular flexibility index (Phi) is 29.4. The van der Waals surface area contributed by atoms with Crippen LogP contribution in [-0.4, -0.2) is 88.5 Å². The highest BCUT2D eigenvalue weighted by atomic mass is 35.5. The van der Waals surface area contributed by atoms with Gasteiger partial charge in [0, 0.05) is 0 Å². The van der Waals surface area contributed by atoms with Crippen molar-refractivity contribution < 1.29 is 52.8 Å². The van der Waals surface area contributed by atoms with Crippen LogP contribution in [0, 0.1) is 0 Å². The Hall–Kier alpha value is -0.560. The molecule has 0 aliphatic carbocycles. The number of rotatable bonds is 25. The van der Waals surface area contributed by atoms with E-state index < -0.39 is 0 Å². The fourth-order valence-corrected chi connectivity index (χ4v) is 4.52. The van der Waals surface area contributed by atoms with Crippen molar-refractivity contribution in [2.45, 2.75) is 117 Å². The molecular weight excluding hydrogens is 523 g/mol. The van der Waals surface area contributed by atoms with E-state index in [1.165, 1.54) is 51.4 Å². The molecule has 230 valence electrons. The number of esters is 2. The molecule has 0 spiro atoms. The molecule has 0 saturated heterocycles. The summed E-state index contributed by atoms with van der Waals surface area (Å²) >= 11 is 0. The van der Waals surface area contributed by atoms with E-state index >= 15 is 0 Å². The number of halogens is 2. The van der Waals surface area contributed by atoms with Gasteiger partial charge in [0.05, 0.1) is 54.5 Å². The lowest BCUT2D eigenvalue weighted by atomic mass is 10.1. The Morgan fingerprint density at radius 3 is 1.11 bits per heavy atom. The quantitative estimate of drug-likeness (QED) is 0.0891. The zero-order valence-electron chi connectivity index (χ0n) is 25.8. The van der Waals surface area contributed by atoms with Crippen LogP contribution < -0.4 is 24.8 Å². The minimum atomic E-state index is -0.0732. The maximum Gasteiger partial charge on any atom is 0.361 e. The van der Waals surface area contributed by atoms with E-state index in [0.29, 0.717) is 35.3 Å². The van der Waals surface area contributed by atoms with Gasteiger partial charge < -0.3 is 43.3 Å². The van der Waals surface area contributed by atoms with E-state index in [-0.39, 0.29) is 36.8 Å². The van der Waals surface area contributed by atoms with Crippen molar-refractivity contribution in [1.29, 1.82) is 0 Å². The van der Waals surface area contributed by atoms with Crippen molar-refractivity contribution in [3.8, 4) is 0 Å². The number of quaternary nitrogens is 2. The second-order valence-corrected chi connectivity index (χ2v) is 12.0. The van der Waals surface area contributed by atoms with Crippen LogP contribution in [0.5, 0.6) is 0 Å². The second kappa shape index (κ2) is 26.7. The Balaban J connectivity index is -0.00000612. The first kappa shape index (κ1) is 41.9. The monoisotopic (exact) mass is 584 g/mol. The molecule has 0 unspecified atom stereocenters. The second-order valence-electron chi connectivity index (χ2n) is 12.0. The molecule has 0 atom stereocenters. The lowest BCUT2D eigenvalue weighted by Crippen LogP contribution is -3.00. The maximum atomic E-state index is 12.2. The first-order valence-electron chi connectivity index (χ1n) is 15.1. The largest absolute Gasteiger partial charge is 1.00 e. The van der Waals surface area contributed by atoms with Gasteiger partial charge in [0.15, 0.2) is 13.1 Å². The van der Waals surface area contributed by atoms with Gasteiger partial charge in [0.1, 0.15) is 0 Å². The number of nitrogens with zero attached hydrogens (tertiary/aromatic N) is 2. The van der Waals surface area contributed by atoms with Crippen molar-refractivity contribution in [1.82, 2.24) is 0 Å². The zero-order chi connectivity index (χ0) is 27.1. The minimum Gasteiger partial charge on any atom is -1.00 e. The predicted octanol–water partition coefficient (Wildman–Crippen LogP) is 0.515. The van der Waals surface area contributed by atoms with Crippen LogP contribution in [0.1, 0.15) is 117 Å². The topological polar surface area (TPSA) is 52.6 Å². The third kappa shape index (κ3) is 28.4. The molecule has 0 bridgehead atoms. The summed E-state index contributed by atoms with van der Waals surface area (Å²) in [4.78, 5) is 24.4. The molecule has 0 radical (unpaired) electrons. The Labute approximate surface area is 248 Å². The third-order valence-electron chi connectivity index (χ3n) is 6.91. The van der Waals surface area contributed by atoms with Gasteiger partial charge in [-0.05, 0) is 38.5 Å². The molecule has 0 aromatic carbocycles. The van der Waals surface area contributed by atoms with E-state index in [2.05, 4.69) is 42.0 Å². The molecule has 0 amide bonds. The van der Waals surface area contributed by atoms with Gasteiger partial charge in [-0.2, -0.15) is 0 Å². The number of carbonyl (C=O) groups excluding carboxylic acids is 2. The van der Waals surface area contributed by atoms with Crippen LogP contribution in [0.4, 0.5) is 0 Å². The van der Waals surface area contributed by atoms with E-state index in [4.69, 9.17) is 9.47 Å². The normalized spacial score (nSPS) is 11.4. The zero-order valence-corrected chi connectivity index (χ0v) is 27.4. The average Bonchev–Trinajstić information content (AvgIpc) is 2.79. The molecule has 6 nitrogen and oxygen atoms in total. The summed E-state index contributed by atoms with van der Waals surface area (Å²) in [6, 6.07) is 0. The fraction of sp³-hybridized carbons (Fsp3) is 0.933. The molecule has 38 heavy (non-hydrogen) atoms. The van der Waals surface area contributed by atoms with Crippen molar-refractivity contribution in [3.05, 3.63) is 0 Å². The lowest BCUT2D eigenvalue weighted by molar-refractivity contribution is -0.884. The Morgan fingerprint density at radius 1 is 0.474 bits per heavy atom. The number of unbranched alkanes of at least 4 members (excludes halogenated alkanes) is 13. The van der Waals surface area contributed by atoms with Crippen LogP contribution in [0.3, 0.4) is 0 Å². The molecule has 0 aromatic heterocycles. The molecule has 0 N–H and O–H groups in total. The summed E-state index contributed by atoms with van der Waals surface area (Å²) in [5.74, 6) is -0.146. The number of hydrogen-bond donors (Lipinski definition) is 0. The van der Waals surface area contributed by atoms with Gasteiger partial charge in [-0.1, -0.05) is 78.1 Å². The van der Waals surface area contributed by atoms with Gasteiger partial charge in [0.25, 0.3) is 0 Å². The highest BCUT2D eigenvalue weighted by Crippen LogP contribution is 2.10. The predicted molar refractivity (Wildman–Crippen MR) is 151 cm³/mol. The molecule has 0 aromatic rings. The number of hydrogen-bond acceptors (Lipinski definition) is 4. The first-order chi connectivity index (χ1) is 17.1. The van der Waals surface area contributed by atoms with Gasteiger partial charge in [-0.15, -0.1) is 0 Å². The van der Waals surface area contributed by atoms with Crippen molar-refractivity contribution >= 4 is 11.9 Å². The van der Waals surface area contributed by atoms with Crippen molar-refractivity contribution in [2.24, 2.45) is 0 Å². The number of likely N-dealkylation sites (N-methyl/N-ethyl adjacent to an activating group) is 2. The Morgan fingerprint density at radius 2 is 0.763 bits per heavy atom. The first-order valence-corrected chi connectivity index (χ1v) is 15.1. The van der Waals surface area contributed by atoms with Crippen molar-refractivity contribution in [2.75, 3.05) is 67.6 Å². The fourth-order valence-electron chi connectivity index (χ4n) is 4.52. The van der Waals surface area contributed by atoms with Crippen LogP contribution in [0.2, 0.25) is 0 Å². The summed E-state index contributed by atoms with van der Waals surface area (Å²) in [5, 5.41) is 0. The van der Waals surface area contributed by atoms with Gasteiger partial charge >= 0.3 is 11.9 Å². The maximum absolute atomic E-state index is 12.2. The molecular formula is C30H62Cl2N2O4. The molecule has 0 rings (SSSR count). The van der Waals surface area contributed by atoms with Crippen molar-refractivity contribution in [3.63, 3.8) is 0 Å². The lowest BCUT2D eigenvalue weighted by Gasteiger charge is -2.29. The SMILES string of the molecule is CCCCCCCCOC(=O)C[N+](C)(C)CCCCCC[N+](C)(C)CC(=O)OCCCCCCCC.[Cl-].[Cl-]. The molecule has 0 aliphatic rings. The molecule has 0 fully saturated rings. The van der Waals surface area contributed by atoms with Gasteiger partial charge in [0.2, 0.25) is 0 Å². The van der Waals surface area contributed by atoms with E-state index in [9.17, 15) is 9.59 Å². The minimum absolute atomic E-state index is 0. The molecule has 8 heteroatoms. The van der Waals surface area contributed by atoms with Crippen LogP contribution in [-0.2, 0) is 19.1 Å². The smallest absolute Gasteiger partial charge is 0.361 e. The summed E-state index contributed by atoms with van der Waals surface area (Å²) in [7, 11) is 8.46. The van der Waals surface area contributed by atoms with E-state index in [0.717, 1.165) is 64.5 Å². The Bertz CT molecular complexity index is 512. The summed E-state index contributed by atoms with van der Waals surface area (Å²) < 4.78 is 12.3. The third-order valence-corrected chi connectivity index (χ3v) is 6.91. The summed E-state index contributed by atoms with van der Waals surface area (Å²) in [5.41, 5.74) is 0. The van der Waals surface area contributed by atoms with E-state index in [1.807, 2.05) is 0 Å². The van der Waals surface area contributed by atoms with E-state index in [1.54, 1.807) is 0 Å².